The molecule has 0 saturated heterocycles. The highest BCUT2D eigenvalue weighted by Crippen LogP contribution is 2.26. The normalized spacial score (nSPS) is 12.1. The zero-order chi connectivity index (χ0) is 11.4. The maximum Gasteiger partial charge on any atom is 0.273 e. The predicted octanol–water partition coefficient (Wildman–Crippen LogP) is 0.937. The van der Waals surface area contributed by atoms with Gasteiger partial charge in [0.2, 0.25) is 0 Å². The Bertz CT molecular complexity index is 365. The molecule has 0 aliphatic heterocycles. The van der Waals surface area contributed by atoms with Crippen LogP contribution in [-0.4, -0.2) is 22.7 Å². The van der Waals surface area contributed by atoms with E-state index in [2.05, 4.69) is 0 Å². The van der Waals surface area contributed by atoms with Crippen molar-refractivity contribution >= 4 is 11.4 Å². The molecule has 0 amide bonds. The number of nitro benzene ring substituents is 1. The van der Waals surface area contributed by atoms with E-state index in [-0.39, 0.29) is 18.0 Å². The summed E-state index contributed by atoms with van der Waals surface area (Å²) in [6.45, 7) is 1.60. The zero-order valence-corrected chi connectivity index (χ0v) is 8.21. The van der Waals surface area contributed by atoms with Crippen LogP contribution in [0.1, 0.15) is 6.92 Å². The Labute approximate surface area is 86.4 Å². The second-order valence-corrected chi connectivity index (χ2v) is 3.14. The van der Waals surface area contributed by atoms with Gasteiger partial charge in [-0.25, -0.2) is 0 Å². The van der Waals surface area contributed by atoms with Gasteiger partial charge in [-0.05, 0) is 13.0 Å². The number of ether oxygens (including phenoxy) is 1. The SMILES string of the molecule is CC(O)COc1cc([N+](=O)[O-])ccc1N. The molecule has 0 aliphatic rings. The van der Waals surface area contributed by atoms with E-state index in [1.54, 1.807) is 6.92 Å². The maximum atomic E-state index is 10.5. The second kappa shape index (κ2) is 4.61. The number of nitrogen functional groups attached to an aromatic ring is 1. The van der Waals surface area contributed by atoms with E-state index < -0.39 is 11.0 Å². The molecule has 0 saturated carbocycles. The van der Waals surface area contributed by atoms with Gasteiger partial charge in [-0.15, -0.1) is 0 Å². The Balaban J connectivity index is 2.85. The highest BCUT2D eigenvalue weighted by molar-refractivity contribution is 5.57. The molecule has 1 unspecified atom stereocenters. The highest BCUT2D eigenvalue weighted by atomic mass is 16.6. The van der Waals surface area contributed by atoms with E-state index in [9.17, 15) is 10.1 Å². The Hall–Kier alpha value is -1.82. The average molecular weight is 212 g/mol. The van der Waals surface area contributed by atoms with E-state index in [0.29, 0.717) is 5.69 Å². The van der Waals surface area contributed by atoms with Crippen molar-refractivity contribution < 1.29 is 14.8 Å². The summed E-state index contributed by atoms with van der Waals surface area (Å²) in [6.07, 6.45) is -0.649. The third-order valence-electron chi connectivity index (χ3n) is 1.69. The third-order valence-corrected chi connectivity index (χ3v) is 1.69. The predicted molar refractivity (Wildman–Crippen MR) is 54.7 cm³/mol. The fourth-order valence-electron chi connectivity index (χ4n) is 0.972. The van der Waals surface area contributed by atoms with E-state index in [1.807, 2.05) is 0 Å². The summed E-state index contributed by atoms with van der Waals surface area (Å²) in [6, 6.07) is 3.93. The van der Waals surface area contributed by atoms with Crippen molar-refractivity contribution in [3.63, 3.8) is 0 Å². The fourth-order valence-corrected chi connectivity index (χ4v) is 0.972. The van der Waals surface area contributed by atoms with Crippen molar-refractivity contribution in [2.24, 2.45) is 0 Å². The molecule has 0 aromatic heterocycles. The largest absolute Gasteiger partial charge is 0.488 e. The van der Waals surface area contributed by atoms with Crippen molar-refractivity contribution in [2.45, 2.75) is 13.0 Å². The quantitative estimate of drug-likeness (QED) is 0.439. The van der Waals surface area contributed by atoms with Crippen LogP contribution in [0.5, 0.6) is 5.75 Å². The number of nitrogens with zero attached hydrogens (tertiary/aromatic N) is 1. The van der Waals surface area contributed by atoms with Crippen LogP contribution in [0.25, 0.3) is 0 Å². The third kappa shape index (κ3) is 3.10. The van der Waals surface area contributed by atoms with Crippen LogP contribution in [-0.2, 0) is 0 Å². The smallest absolute Gasteiger partial charge is 0.273 e. The topological polar surface area (TPSA) is 98.6 Å². The lowest BCUT2D eigenvalue weighted by atomic mass is 10.2. The van der Waals surface area contributed by atoms with Gasteiger partial charge in [0.1, 0.15) is 12.4 Å². The van der Waals surface area contributed by atoms with Crippen molar-refractivity contribution in [3.05, 3.63) is 28.3 Å². The van der Waals surface area contributed by atoms with Gasteiger partial charge in [0, 0.05) is 6.07 Å². The number of hydrogen-bond donors (Lipinski definition) is 2. The van der Waals surface area contributed by atoms with Crippen LogP contribution in [0.4, 0.5) is 11.4 Å². The lowest BCUT2D eigenvalue weighted by Gasteiger charge is -2.09. The van der Waals surface area contributed by atoms with Crippen molar-refractivity contribution in [3.8, 4) is 5.75 Å². The standard InChI is InChI=1S/C9H12N2O4/c1-6(12)5-15-9-4-7(11(13)14)2-3-8(9)10/h2-4,6,12H,5,10H2,1H3. The fraction of sp³-hybridized carbons (Fsp3) is 0.333. The minimum atomic E-state index is -0.649. The molecule has 1 atom stereocenters. The Morgan fingerprint density at radius 2 is 2.33 bits per heavy atom. The van der Waals surface area contributed by atoms with Crippen molar-refractivity contribution in [1.82, 2.24) is 0 Å². The molecule has 82 valence electrons. The minimum absolute atomic E-state index is 0.0470. The van der Waals surface area contributed by atoms with Gasteiger partial charge in [-0.3, -0.25) is 10.1 Å². The number of nitrogens with two attached hydrogens (primary N) is 1. The van der Waals surface area contributed by atoms with E-state index >= 15 is 0 Å². The first-order valence-corrected chi connectivity index (χ1v) is 4.35. The summed E-state index contributed by atoms with van der Waals surface area (Å²) in [5, 5.41) is 19.4. The second-order valence-electron chi connectivity index (χ2n) is 3.14. The number of rotatable bonds is 4. The monoisotopic (exact) mass is 212 g/mol. The maximum absolute atomic E-state index is 10.5. The molecule has 1 rings (SSSR count). The number of aliphatic hydroxyl groups excluding tert-OH is 1. The molecule has 0 fully saturated rings. The molecule has 0 radical (unpaired) electrons. The van der Waals surface area contributed by atoms with Gasteiger partial charge in [-0.2, -0.15) is 0 Å². The summed E-state index contributed by atoms with van der Waals surface area (Å²) in [5.74, 6) is 0.213. The van der Waals surface area contributed by atoms with Crippen LogP contribution in [0, 0.1) is 10.1 Å². The average Bonchev–Trinajstić information content (AvgIpc) is 2.16. The van der Waals surface area contributed by atoms with Crippen LogP contribution in [0.3, 0.4) is 0 Å². The molecular weight excluding hydrogens is 200 g/mol. The van der Waals surface area contributed by atoms with Crippen LogP contribution >= 0.6 is 0 Å². The zero-order valence-electron chi connectivity index (χ0n) is 8.21. The molecule has 0 heterocycles. The summed E-state index contributed by atoms with van der Waals surface area (Å²) < 4.78 is 5.11. The number of aliphatic hydroxyl groups is 1. The van der Waals surface area contributed by atoms with Gasteiger partial charge in [0.15, 0.2) is 0 Å². The number of nitro groups is 1. The summed E-state index contributed by atoms with van der Waals surface area (Å²) in [4.78, 5) is 9.93. The molecule has 1 aromatic carbocycles. The molecule has 0 spiro atoms. The van der Waals surface area contributed by atoms with E-state index in [4.69, 9.17) is 15.6 Å². The van der Waals surface area contributed by atoms with Crippen molar-refractivity contribution in [1.29, 1.82) is 0 Å². The van der Waals surface area contributed by atoms with E-state index in [0.717, 1.165) is 0 Å². The molecule has 0 aliphatic carbocycles. The lowest BCUT2D eigenvalue weighted by molar-refractivity contribution is -0.384. The lowest BCUT2D eigenvalue weighted by Crippen LogP contribution is -2.13. The van der Waals surface area contributed by atoms with Crippen LogP contribution < -0.4 is 10.5 Å². The number of benzene rings is 1. The molecule has 15 heavy (non-hydrogen) atoms. The number of non-ortho nitro benzene ring substituents is 1. The molecule has 0 bridgehead atoms. The van der Waals surface area contributed by atoms with Gasteiger partial charge in [0.05, 0.1) is 22.8 Å². The Morgan fingerprint density at radius 3 is 2.87 bits per heavy atom. The van der Waals surface area contributed by atoms with Crippen molar-refractivity contribution in [2.75, 3.05) is 12.3 Å². The Morgan fingerprint density at radius 1 is 1.67 bits per heavy atom. The summed E-state index contributed by atoms with van der Waals surface area (Å²) in [7, 11) is 0. The minimum Gasteiger partial charge on any atom is -0.488 e. The van der Waals surface area contributed by atoms with Crippen LogP contribution in [0.15, 0.2) is 18.2 Å². The Kier molecular flexibility index (Phi) is 3.46. The molecular formula is C9H12N2O4. The summed E-state index contributed by atoms with van der Waals surface area (Å²) in [5.41, 5.74) is 5.76. The first kappa shape index (κ1) is 11.3. The van der Waals surface area contributed by atoms with Gasteiger partial charge >= 0.3 is 0 Å². The highest BCUT2D eigenvalue weighted by Gasteiger charge is 2.10. The molecule has 6 heteroatoms. The first-order valence-electron chi connectivity index (χ1n) is 4.35. The summed E-state index contributed by atoms with van der Waals surface area (Å²) >= 11 is 0. The van der Waals surface area contributed by atoms with Gasteiger partial charge < -0.3 is 15.6 Å². The first-order chi connectivity index (χ1) is 7.00. The number of hydrogen-bond acceptors (Lipinski definition) is 5. The van der Waals surface area contributed by atoms with Gasteiger partial charge in [0.25, 0.3) is 5.69 Å². The molecule has 1 aromatic rings. The van der Waals surface area contributed by atoms with Gasteiger partial charge in [-0.1, -0.05) is 0 Å². The molecule has 6 nitrogen and oxygen atoms in total. The molecule has 3 N–H and O–H groups in total. The van der Waals surface area contributed by atoms with E-state index in [1.165, 1.54) is 18.2 Å². The number of anilines is 1. The van der Waals surface area contributed by atoms with Crippen LogP contribution in [0.2, 0.25) is 0 Å².